The van der Waals surface area contributed by atoms with Gasteiger partial charge in [0.1, 0.15) is 11.9 Å². The van der Waals surface area contributed by atoms with E-state index in [1.165, 1.54) is 0 Å². The normalized spacial score (nSPS) is 15.4. The summed E-state index contributed by atoms with van der Waals surface area (Å²) in [4.78, 5) is 23.3. The van der Waals surface area contributed by atoms with Crippen LogP contribution < -0.4 is 20.9 Å². The molecule has 1 heterocycles. The lowest BCUT2D eigenvalue weighted by atomic mass is 10.00. The van der Waals surface area contributed by atoms with E-state index in [4.69, 9.17) is 9.84 Å². The first-order valence-electron chi connectivity index (χ1n) is 8.67. The zero-order chi connectivity index (χ0) is 19.2. The number of nitrogens with one attached hydrogen (secondary N) is 3. The Hall–Kier alpha value is -2.63. The van der Waals surface area contributed by atoms with Gasteiger partial charge in [-0.1, -0.05) is 0 Å². The lowest BCUT2D eigenvalue weighted by molar-refractivity contribution is -0.139. The molecule has 2 unspecified atom stereocenters. The number of carboxylic acid groups (broad SMARTS) is 1. The summed E-state index contributed by atoms with van der Waals surface area (Å²) in [6.45, 7) is 0. The maximum Gasteiger partial charge on any atom is 0.307 e. The van der Waals surface area contributed by atoms with Crippen molar-refractivity contribution in [3.05, 3.63) is 53.6 Å². The van der Waals surface area contributed by atoms with Crippen LogP contribution in [0.3, 0.4) is 0 Å². The summed E-state index contributed by atoms with van der Waals surface area (Å²) in [5.74, 6) is -0.374. The van der Waals surface area contributed by atoms with Crippen LogP contribution in [0.25, 0.3) is 0 Å². The summed E-state index contributed by atoms with van der Waals surface area (Å²) in [6, 6.07) is 12.6. The molecule has 0 aliphatic carbocycles. The molecule has 3 rings (SSSR count). The maximum atomic E-state index is 12.4. The first-order valence-corrected chi connectivity index (χ1v) is 9.48. The van der Waals surface area contributed by atoms with E-state index in [0.717, 1.165) is 17.7 Å². The van der Waals surface area contributed by atoms with Crippen LogP contribution in [0.4, 0.5) is 11.4 Å². The molecular formula is C19H22N3O4P. The summed E-state index contributed by atoms with van der Waals surface area (Å²) in [5.41, 5.74) is 9.05. The monoisotopic (exact) mass is 387 g/mol. The summed E-state index contributed by atoms with van der Waals surface area (Å²) < 4.78 is 5.72. The van der Waals surface area contributed by atoms with Crippen molar-refractivity contribution < 1.29 is 19.4 Å². The van der Waals surface area contributed by atoms with E-state index >= 15 is 0 Å². The van der Waals surface area contributed by atoms with Gasteiger partial charge in [-0.25, -0.2) is 5.43 Å². The molecule has 2 atom stereocenters. The molecule has 2 aromatic carbocycles. The highest BCUT2D eigenvalue weighted by Gasteiger charge is 2.22. The minimum Gasteiger partial charge on any atom is -0.490 e. The molecule has 0 spiro atoms. The summed E-state index contributed by atoms with van der Waals surface area (Å²) >= 11 is 0. The number of benzene rings is 2. The first-order chi connectivity index (χ1) is 13.0. The van der Waals surface area contributed by atoms with Crippen molar-refractivity contribution in [2.75, 3.05) is 17.0 Å². The number of fused-ring (bicyclic) bond motifs is 1. The molecule has 7 nitrogen and oxygen atoms in total. The van der Waals surface area contributed by atoms with Crippen molar-refractivity contribution in [3.63, 3.8) is 0 Å². The molecule has 0 saturated heterocycles. The molecule has 8 heteroatoms. The van der Waals surface area contributed by atoms with Crippen molar-refractivity contribution in [2.45, 2.75) is 25.4 Å². The third-order valence-corrected chi connectivity index (χ3v) is 4.44. The predicted molar refractivity (Wildman–Crippen MR) is 107 cm³/mol. The number of carboxylic acids is 1. The highest BCUT2D eigenvalue weighted by Crippen LogP contribution is 2.31. The van der Waals surface area contributed by atoms with Crippen LogP contribution in [0.5, 0.6) is 5.75 Å². The van der Waals surface area contributed by atoms with Crippen LogP contribution in [0.1, 0.15) is 28.8 Å². The van der Waals surface area contributed by atoms with Crippen LogP contribution in [0.15, 0.2) is 42.5 Å². The van der Waals surface area contributed by atoms with Crippen molar-refractivity contribution in [1.82, 2.24) is 5.43 Å². The number of hydrogen-bond donors (Lipinski definition) is 4. The predicted octanol–water partition coefficient (Wildman–Crippen LogP) is 2.86. The number of ether oxygens (including phenoxy) is 1. The SMILES string of the molecule is O=C(O)CC1CCc2cc(NC(=O)c3ccc(NNCP)cc3)ccc2O1. The summed E-state index contributed by atoms with van der Waals surface area (Å²) in [5, 5.41) is 11.8. The second kappa shape index (κ2) is 8.84. The molecule has 1 aliphatic rings. The Morgan fingerprint density at radius 1 is 1.15 bits per heavy atom. The van der Waals surface area contributed by atoms with Gasteiger partial charge in [0, 0.05) is 23.2 Å². The van der Waals surface area contributed by atoms with Gasteiger partial charge in [-0.05, 0) is 60.9 Å². The molecular weight excluding hydrogens is 365 g/mol. The van der Waals surface area contributed by atoms with Gasteiger partial charge in [0.05, 0.1) is 6.42 Å². The maximum absolute atomic E-state index is 12.4. The average molecular weight is 387 g/mol. The number of aliphatic carboxylic acids is 1. The number of hydrogen-bond acceptors (Lipinski definition) is 5. The first kappa shape index (κ1) is 19.1. The molecule has 4 N–H and O–H groups in total. The van der Waals surface area contributed by atoms with Crippen LogP contribution in [0.2, 0.25) is 0 Å². The highest BCUT2D eigenvalue weighted by atomic mass is 31.0. The number of carbonyl (C=O) groups excluding carboxylic acids is 1. The van der Waals surface area contributed by atoms with E-state index in [0.29, 0.717) is 29.7 Å². The second-order valence-electron chi connectivity index (χ2n) is 6.24. The standard InChI is InChI=1S/C19H22N3O4P/c23-18(24)10-16-7-3-13-9-15(6-8-17(13)26-16)21-19(25)12-1-4-14(5-2-12)22-20-11-27/h1-2,4-6,8-9,16,20,22H,3,7,10-11,27H2,(H,21,25)(H,23,24). The Balaban J connectivity index is 1.63. The van der Waals surface area contributed by atoms with Gasteiger partial charge in [0.15, 0.2) is 0 Å². The summed E-state index contributed by atoms with van der Waals surface area (Å²) in [7, 11) is 2.55. The van der Waals surface area contributed by atoms with E-state index in [1.807, 2.05) is 18.2 Å². The third-order valence-electron chi connectivity index (χ3n) is 4.23. The Bertz CT molecular complexity index is 826. The summed E-state index contributed by atoms with van der Waals surface area (Å²) in [6.07, 6.45) is 1.77. The Kier molecular flexibility index (Phi) is 6.27. The molecule has 2 aromatic rings. The zero-order valence-corrected chi connectivity index (χ0v) is 15.9. The number of rotatable bonds is 7. The number of carbonyl (C=O) groups is 2. The molecule has 1 aliphatic heterocycles. The molecule has 0 aromatic heterocycles. The smallest absolute Gasteiger partial charge is 0.307 e. The number of hydrazine groups is 1. The largest absolute Gasteiger partial charge is 0.490 e. The van der Waals surface area contributed by atoms with Gasteiger partial charge in [-0.2, -0.15) is 0 Å². The van der Waals surface area contributed by atoms with Gasteiger partial charge in [-0.3, -0.25) is 9.59 Å². The molecule has 1 amide bonds. The van der Waals surface area contributed by atoms with Gasteiger partial charge < -0.3 is 20.6 Å². The fourth-order valence-electron chi connectivity index (χ4n) is 2.92. The topological polar surface area (TPSA) is 99.7 Å². The van der Waals surface area contributed by atoms with Gasteiger partial charge in [-0.15, -0.1) is 9.24 Å². The van der Waals surface area contributed by atoms with E-state index in [2.05, 4.69) is 25.4 Å². The Morgan fingerprint density at radius 3 is 2.59 bits per heavy atom. The van der Waals surface area contributed by atoms with Gasteiger partial charge in [0.2, 0.25) is 0 Å². The minimum absolute atomic E-state index is 0.00457. The van der Waals surface area contributed by atoms with Crippen molar-refractivity contribution in [2.24, 2.45) is 0 Å². The second-order valence-corrected chi connectivity index (χ2v) is 6.64. The van der Waals surface area contributed by atoms with Crippen molar-refractivity contribution >= 4 is 32.5 Å². The lowest BCUT2D eigenvalue weighted by Gasteiger charge is -2.25. The van der Waals surface area contributed by atoms with Crippen molar-refractivity contribution in [1.29, 1.82) is 0 Å². The molecule has 0 bridgehead atoms. The molecule has 142 valence electrons. The number of anilines is 2. The lowest BCUT2D eigenvalue weighted by Crippen LogP contribution is -2.25. The quantitative estimate of drug-likeness (QED) is 0.431. The van der Waals surface area contributed by atoms with E-state index in [9.17, 15) is 9.59 Å². The minimum atomic E-state index is -0.863. The number of aryl methyl sites for hydroxylation is 1. The fraction of sp³-hybridized carbons (Fsp3) is 0.263. The zero-order valence-electron chi connectivity index (χ0n) is 14.7. The van der Waals surface area contributed by atoms with Gasteiger partial charge in [0.25, 0.3) is 5.91 Å². The molecule has 0 fully saturated rings. The Morgan fingerprint density at radius 2 is 1.89 bits per heavy atom. The van der Waals surface area contributed by atoms with E-state index in [1.54, 1.807) is 24.3 Å². The van der Waals surface area contributed by atoms with Crippen LogP contribution in [0, 0.1) is 0 Å². The third kappa shape index (κ3) is 5.18. The fourth-order valence-corrected chi connectivity index (χ4v) is 3.02. The Labute approximate surface area is 159 Å². The van der Waals surface area contributed by atoms with Crippen LogP contribution in [-0.4, -0.2) is 29.4 Å². The number of amides is 1. The average Bonchev–Trinajstić information content (AvgIpc) is 2.66. The molecule has 0 saturated carbocycles. The molecule has 27 heavy (non-hydrogen) atoms. The van der Waals surface area contributed by atoms with Gasteiger partial charge >= 0.3 is 5.97 Å². The molecule has 0 radical (unpaired) electrons. The van der Waals surface area contributed by atoms with Crippen LogP contribution >= 0.6 is 9.24 Å². The van der Waals surface area contributed by atoms with E-state index < -0.39 is 5.97 Å². The van der Waals surface area contributed by atoms with Crippen molar-refractivity contribution in [3.8, 4) is 5.75 Å². The van der Waals surface area contributed by atoms with Crippen LogP contribution in [-0.2, 0) is 11.2 Å². The highest BCUT2D eigenvalue weighted by molar-refractivity contribution is 7.16. The van der Waals surface area contributed by atoms with E-state index in [-0.39, 0.29) is 18.4 Å².